The Morgan fingerprint density at radius 3 is 2.72 bits per heavy atom. The molecule has 1 nitrogen and oxygen atoms in total. The maximum atomic E-state index is 3.83. The minimum absolute atomic E-state index is 0.364. The van der Waals surface area contributed by atoms with Crippen LogP contribution in [0.15, 0.2) is 24.3 Å². The highest BCUT2D eigenvalue weighted by molar-refractivity contribution is 5.37. The smallest absolute Gasteiger partial charge is 0.0377 e. The first kappa shape index (κ1) is 12.2. The average molecular weight is 243 g/mol. The predicted molar refractivity (Wildman–Crippen MR) is 76.6 cm³/mol. The summed E-state index contributed by atoms with van der Waals surface area (Å²) in [5.74, 6) is 1.01. The molecule has 0 amide bonds. The Morgan fingerprint density at radius 2 is 2.00 bits per heavy atom. The minimum atomic E-state index is 0.364. The van der Waals surface area contributed by atoms with Crippen molar-refractivity contribution >= 4 is 0 Å². The van der Waals surface area contributed by atoms with Gasteiger partial charge in [-0.15, -0.1) is 0 Å². The van der Waals surface area contributed by atoms with Crippen molar-refractivity contribution in [2.24, 2.45) is 11.3 Å². The van der Waals surface area contributed by atoms with E-state index in [1.807, 2.05) is 0 Å². The Morgan fingerprint density at radius 1 is 1.22 bits per heavy atom. The standard InChI is InChI=1S/C17H25N/c1-17(2)12-14-8-3-4-9-15(14)16(17)18-11-10-13-6-5-7-13/h3-4,8-9,13,16,18H,5-7,10-12H2,1-2H3. The van der Waals surface area contributed by atoms with Crippen LogP contribution in [0, 0.1) is 11.3 Å². The molecule has 0 heterocycles. The number of rotatable bonds is 4. The summed E-state index contributed by atoms with van der Waals surface area (Å²) in [6.45, 7) is 5.98. The van der Waals surface area contributed by atoms with Crippen LogP contribution >= 0.6 is 0 Å². The van der Waals surface area contributed by atoms with Gasteiger partial charge in [0.1, 0.15) is 0 Å². The third-order valence-electron chi connectivity index (χ3n) is 4.92. The molecule has 1 fully saturated rings. The average Bonchev–Trinajstić information content (AvgIpc) is 2.52. The van der Waals surface area contributed by atoms with Gasteiger partial charge in [0.15, 0.2) is 0 Å². The molecule has 0 radical (unpaired) electrons. The second-order valence-electron chi connectivity index (χ2n) is 6.84. The Labute approximate surface area is 111 Å². The van der Waals surface area contributed by atoms with E-state index in [2.05, 4.69) is 43.4 Å². The van der Waals surface area contributed by atoms with Gasteiger partial charge < -0.3 is 5.32 Å². The molecule has 1 N–H and O–H groups in total. The van der Waals surface area contributed by atoms with Crippen LogP contribution in [0.25, 0.3) is 0 Å². The van der Waals surface area contributed by atoms with Gasteiger partial charge in [0, 0.05) is 6.04 Å². The lowest BCUT2D eigenvalue weighted by molar-refractivity contribution is 0.243. The van der Waals surface area contributed by atoms with Gasteiger partial charge in [-0.2, -0.15) is 0 Å². The van der Waals surface area contributed by atoms with Crippen LogP contribution in [0.1, 0.15) is 56.7 Å². The second-order valence-corrected chi connectivity index (χ2v) is 6.84. The summed E-state index contributed by atoms with van der Waals surface area (Å²) in [7, 11) is 0. The number of fused-ring (bicyclic) bond motifs is 1. The van der Waals surface area contributed by atoms with E-state index in [1.54, 1.807) is 5.56 Å². The van der Waals surface area contributed by atoms with E-state index in [-0.39, 0.29) is 0 Å². The second kappa shape index (κ2) is 4.70. The van der Waals surface area contributed by atoms with Crippen LogP contribution in [0.3, 0.4) is 0 Å². The van der Waals surface area contributed by atoms with Crippen molar-refractivity contribution in [3.8, 4) is 0 Å². The first-order valence-corrected chi connectivity index (χ1v) is 7.48. The minimum Gasteiger partial charge on any atom is -0.309 e. The van der Waals surface area contributed by atoms with Gasteiger partial charge >= 0.3 is 0 Å². The molecule has 18 heavy (non-hydrogen) atoms. The van der Waals surface area contributed by atoms with Gasteiger partial charge in [0.25, 0.3) is 0 Å². The Balaban J connectivity index is 1.65. The molecular weight excluding hydrogens is 218 g/mol. The summed E-state index contributed by atoms with van der Waals surface area (Å²) < 4.78 is 0. The molecule has 1 unspecified atom stereocenters. The monoisotopic (exact) mass is 243 g/mol. The SMILES string of the molecule is CC1(C)Cc2ccccc2C1NCCC1CCC1. The quantitative estimate of drug-likeness (QED) is 0.840. The first-order valence-electron chi connectivity index (χ1n) is 7.48. The molecule has 1 saturated carbocycles. The molecule has 0 aromatic heterocycles. The molecule has 0 spiro atoms. The lowest BCUT2D eigenvalue weighted by atomic mass is 9.82. The van der Waals surface area contributed by atoms with Crippen molar-refractivity contribution in [3.63, 3.8) is 0 Å². The zero-order valence-corrected chi connectivity index (χ0v) is 11.7. The molecular formula is C17H25N. The highest BCUT2D eigenvalue weighted by Gasteiger charge is 2.38. The summed E-state index contributed by atoms with van der Waals surface area (Å²) >= 11 is 0. The van der Waals surface area contributed by atoms with Crippen molar-refractivity contribution in [1.82, 2.24) is 5.32 Å². The third-order valence-corrected chi connectivity index (χ3v) is 4.92. The van der Waals surface area contributed by atoms with Crippen LogP contribution in [0.4, 0.5) is 0 Å². The van der Waals surface area contributed by atoms with E-state index in [0.717, 1.165) is 5.92 Å². The van der Waals surface area contributed by atoms with E-state index in [4.69, 9.17) is 0 Å². The summed E-state index contributed by atoms with van der Waals surface area (Å²) in [6, 6.07) is 9.51. The van der Waals surface area contributed by atoms with Gasteiger partial charge in [-0.05, 0) is 41.8 Å². The Bertz CT molecular complexity index is 417. The molecule has 3 rings (SSSR count). The highest BCUT2D eigenvalue weighted by Crippen LogP contribution is 2.45. The van der Waals surface area contributed by atoms with Crippen molar-refractivity contribution in [2.75, 3.05) is 6.54 Å². The third kappa shape index (κ3) is 2.21. The Kier molecular flexibility index (Phi) is 3.19. The maximum Gasteiger partial charge on any atom is 0.0377 e. The van der Waals surface area contributed by atoms with E-state index < -0.39 is 0 Å². The molecule has 98 valence electrons. The highest BCUT2D eigenvalue weighted by atomic mass is 14.9. The van der Waals surface area contributed by atoms with Gasteiger partial charge in [-0.3, -0.25) is 0 Å². The Hall–Kier alpha value is -0.820. The van der Waals surface area contributed by atoms with Crippen molar-refractivity contribution in [1.29, 1.82) is 0 Å². The molecule has 2 aliphatic carbocycles. The molecule has 1 aromatic carbocycles. The molecule has 0 aliphatic heterocycles. The van der Waals surface area contributed by atoms with Gasteiger partial charge in [-0.1, -0.05) is 57.4 Å². The zero-order valence-electron chi connectivity index (χ0n) is 11.7. The predicted octanol–water partition coefficient (Wildman–Crippen LogP) is 4.09. The summed E-state index contributed by atoms with van der Waals surface area (Å²) in [5.41, 5.74) is 3.45. The fraction of sp³-hybridized carbons (Fsp3) is 0.647. The van der Waals surface area contributed by atoms with Crippen LogP contribution in [0.5, 0.6) is 0 Å². The fourth-order valence-electron chi connectivity index (χ4n) is 3.59. The molecule has 0 bridgehead atoms. The largest absolute Gasteiger partial charge is 0.309 e. The van der Waals surface area contributed by atoms with E-state index in [9.17, 15) is 0 Å². The van der Waals surface area contributed by atoms with E-state index in [1.165, 1.54) is 44.2 Å². The van der Waals surface area contributed by atoms with E-state index >= 15 is 0 Å². The van der Waals surface area contributed by atoms with Crippen LogP contribution in [0.2, 0.25) is 0 Å². The number of benzene rings is 1. The normalized spacial score (nSPS) is 25.8. The van der Waals surface area contributed by atoms with Crippen molar-refractivity contribution in [3.05, 3.63) is 35.4 Å². The molecule has 1 atom stereocenters. The summed E-state index contributed by atoms with van der Waals surface area (Å²) in [4.78, 5) is 0. The summed E-state index contributed by atoms with van der Waals surface area (Å²) in [5, 5.41) is 3.83. The number of nitrogens with one attached hydrogen (secondary N) is 1. The first-order chi connectivity index (χ1) is 8.67. The van der Waals surface area contributed by atoms with Crippen molar-refractivity contribution < 1.29 is 0 Å². The number of hydrogen-bond acceptors (Lipinski definition) is 1. The topological polar surface area (TPSA) is 12.0 Å². The molecule has 2 aliphatic rings. The lowest BCUT2D eigenvalue weighted by Crippen LogP contribution is -2.33. The lowest BCUT2D eigenvalue weighted by Gasteiger charge is -2.31. The van der Waals surface area contributed by atoms with Crippen LogP contribution in [-0.4, -0.2) is 6.54 Å². The van der Waals surface area contributed by atoms with Crippen LogP contribution in [-0.2, 0) is 6.42 Å². The van der Waals surface area contributed by atoms with Gasteiger partial charge in [0.2, 0.25) is 0 Å². The molecule has 0 saturated heterocycles. The molecule has 1 heteroatoms. The van der Waals surface area contributed by atoms with Gasteiger partial charge in [0.05, 0.1) is 0 Å². The maximum absolute atomic E-state index is 3.83. The van der Waals surface area contributed by atoms with E-state index in [0.29, 0.717) is 11.5 Å². The summed E-state index contributed by atoms with van der Waals surface area (Å²) in [6.07, 6.45) is 6.97. The van der Waals surface area contributed by atoms with Crippen molar-refractivity contribution in [2.45, 2.75) is 52.0 Å². The zero-order chi connectivity index (χ0) is 12.6. The van der Waals surface area contributed by atoms with Crippen LogP contribution < -0.4 is 5.32 Å². The number of hydrogen-bond donors (Lipinski definition) is 1. The fourth-order valence-corrected chi connectivity index (χ4v) is 3.59. The van der Waals surface area contributed by atoms with Gasteiger partial charge in [-0.25, -0.2) is 0 Å². The molecule has 1 aromatic rings.